The Morgan fingerprint density at radius 1 is 1.17 bits per heavy atom. The molecule has 0 N–H and O–H groups in total. The smallest absolute Gasteiger partial charge is 0.0692 e. The van der Waals surface area contributed by atoms with Crippen molar-refractivity contribution in [2.75, 3.05) is 6.61 Å². The van der Waals surface area contributed by atoms with E-state index in [2.05, 4.69) is 22.6 Å². The van der Waals surface area contributed by atoms with Gasteiger partial charge in [0, 0.05) is 10.5 Å². The van der Waals surface area contributed by atoms with Crippen molar-refractivity contribution in [1.82, 2.24) is 0 Å². The highest BCUT2D eigenvalue weighted by Crippen LogP contribution is 2.40. The molecule has 0 aromatic heterocycles. The Morgan fingerprint density at radius 3 is 2.58 bits per heavy atom. The summed E-state index contributed by atoms with van der Waals surface area (Å²) in [5.74, 6) is 0. The molecular weight excluding hydrogens is 263 g/mol. The molecule has 1 atom stereocenters. The minimum absolute atomic E-state index is 0.322. The van der Waals surface area contributed by atoms with E-state index in [0.29, 0.717) is 5.60 Å². The molecule has 0 amide bonds. The molecule has 70 valence electrons. The first-order chi connectivity index (χ1) is 5.81. The summed E-state index contributed by atoms with van der Waals surface area (Å²) in [6.07, 6.45) is 9.44. The molecule has 1 aliphatic heterocycles. The van der Waals surface area contributed by atoms with Crippen LogP contribution in [0.1, 0.15) is 44.9 Å². The van der Waals surface area contributed by atoms with Crippen LogP contribution in [0.25, 0.3) is 0 Å². The Kier molecular flexibility index (Phi) is 2.95. The van der Waals surface area contributed by atoms with E-state index in [1.54, 1.807) is 0 Å². The quantitative estimate of drug-likeness (QED) is 0.488. The van der Waals surface area contributed by atoms with E-state index in [0.717, 1.165) is 10.5 Å². The van der Waals surface area contributed by atoms with Crippen LogP contribution in [-0.4, -0.2) is 16.1 Å². The number of ether oxygens (including phenoxy) is 1. The SMILES string of the molecule is I[C@@H]1CCOC2(CCCCC2)C1. The van der Waals surface area contributed by atoms with Gasteiger partial charge in [0.2, 0.25) is 0 Å². The number of rotatable bonds is 0. The van der Waals surface area contributed by atoms with Gasteiger partial charge in [-0.3, -0.25) is 0 Å². The van der Waals surface area contributed by atoms with E-state index >= 15 is 0 Å². The lowest BCUT2D eigenvalue weighted by Crippen LogP contribution is -2.41. The maximum Gasteiger partial charge on any atom is 0.0692 e. The van der Waals surface area contributed by atoms with Crippen LogP contribution in [-0.2, 0) is 4.74 Å². The van der Waals surface area contributed by atoms with Crippen LogP contribution in [0.4, 0.5) is 0 Å². The average molecular weight is 280 g/mol. The third-order valence-corrected chi connectivity index (χ3v) is 4.26. The van der Waals surface area contributed by atoms with Crippen molar-refractivity contribution in [2.24, 2.45) is 0 Å². The average Bonchev–Trinajstić information content (AvgIpc) is 2.05. The zero-order valence-electron chi connectivity index (χ0n) is 7.52. The van der Waals surface area contributed by atoms with Crippen LogP contribution in [0.2, 0.25) is 0 Å². The number of hydrogen-bond donors (Lipinski definition) is 0. The Morgan fingerprint density at radius 2 is 1.92 bits per heavy atom. The van der Waals surface area contributed by atoms with Crippen molar-refractivity contribution in [2.45, 2.75) is 54.5 Å². The fourth-order valence-electron chi connectivity index (χ4n) is 2.51. The summed E-state index contributed by atoms with van der Waals surface area (Å²) < 4.78 is 6.84. The summed E-state index contributed by atoms with van der Waals surface area (Å²) >= 11 is 2.59. The van der Waals surface area contributed by atoms with Gasteiger partial charge < -0.3 is 4.74 Å². The molecule has 1 nitrogen and oxygen atoms in total. The van der Waals surface area contributed by atoms with Crippen LogP contribution in [0.5, 0.6) is 0 Å². The predicted octanol–water partition coefficient (Wildman–Crippen LogP) is 3.30. The molecule has 1 saturated carbocycles. The van der Waals surface area contributed by atoms with Gasteiger partial charge in [0.05, 0.1) is 5.60 Å². The molecule has 0 radical (unpaired) electrons. The molecule has 0 unspecified atom stereocenters. The zero-order chi connectivity index (χ0) is 8.44. The predicted molar refractivity (Wildman–Crippen MR) is 58.8 cm³/mol. The molecular formula is C10H17IO. The summed E-state index contributed by atoms with van der Waals surface area (Å²) in [6.45, 7) is 1.01. The first-order valence-electron chi connectivity index (χ1n) is 5.09. The highest BCUT2D eigenvalue weighted by atomic mass is 127. The Labute approximate surface area is 88.4 Å². The fraction of sp³-hybridized carbons (Fsp3) is 1.00. The van der Waals surface area contributed by atoms with Crippen LogP contribution in [0.3, 0.4) is 0 Å². The van der Waals surface area contributed by atoms with E-state index in [9.17, 15) is 0 Å². The lowest BCUT2D eigenvalue weighted by Gasteiger charge is -2.42. The summed E-state index contributed by atoms with van der Waals surface area (Å²) in [5, 5.41) is 0. The summed E-state index contributed by atoms with van der Waals surface area (Å²) in [6, 6.07) is 0. The first-order valence-corrected chi connectivity index (χ1v) is 6.33. The lowest BCUT2D eigenvalue weighted by molar-refractivity contribution is -0.0955. The first kappa shape index (κ1) is 9.25. The molecule has 0 bridgehead atoms. The Bertz CT molecular complexity index is 146. The van der Waals surface area contributed by atoms with Crippen LogP contribution in [0.15, 0.2) is 0 Å². The summed E-state index contributed by atoms with van der Waals surface area (Å²) in [5.41, 5.74) is 0.322. The highest BCUT2D eigenvalue weighted by Gasteiger charge is 2.37. The molecule has 2 heteroatoms. The van der Waals surface area contributed by atoms with Gasteiger partial charge in [-0.1, -0.05) is 41.9 Å². The van der Waals surface area contributed by atoms with Crippen molar-refractivity contribution >= 4 is 22.6 Å². The van der Waals surface area contributed by atoms with E-state index in [4.69, 9.17) is 4.74 Å². The maximum absolute atomic E-state index is 5.97. The van der Waals surface area contributed by atoms with Crippen LogP contribution >= 0.6 is 22.6 Å². The Balaban J connectivity index is 1.97. The molecule has 0 aromatic rings. The van der Waals surface area contributed by atoms with Gasteiger partial charge >= 0.3 is 0 Å². The fourth-order valence-corrected chi connectivity index (χ4v) is 3.57. The van der Waals surface area contributed by atoms with Gasteiger partial charge in [-0.15, -0.1) is 0 Å². The minimum Gasteiger partial charge on any atom is -0.375 e. The van der Waals surface area contributed by atoms with Gasteiger partial charge in [0.1, 0.15) is 0 Å². The van der Waals surface area contributed by atoms with Crippen molar-refractivity contribution < 1.29 is 4.74 Å². The molecule has 12 heavy (non-hydrogen) atoms. The van der Waals surface area contributed by atoms with Gasteiger partial charge in [0.15, 0.2) is 0 Å². The molecule has 1 aliphatic carbocycles. The summed E-state index contributed by atoms with van der Waals surface area (Å²) in [4.78, 5) is 0. The third kappa shape index (κ3) is 1.95. The second kappa shape index (κ2) is 3.82. The molecule has 1 heterocycles. The van der Waals surface area contributed by atoms with Crippen LogP contribution in [0, 0.1) is 0 Å². The third-order valence-electron chi connectivity index (χ3n) is 3.20. The minimum atomic E-state index is 0.322. The molecule has 2 fully saturated rings. The monoisotopic (exact) mass is 280 g/mol. The lowest BCUT2D eigenvalue weighted by atomic mass is 9.80. The molecule has 0 aromatic carbocycles. The Hall–Kier alpha value is 0.690. The zero-order valence-corrected chi connectivity index (χ0v) is 9.68. The van der Waals surface area contributed by atoms with E-state index in [1.165, 1.54) is 44.9 Å². The summed E-state index contributed by atoms with van der Waals surface area (Å²) in [7, 11) is 0. The largest absolute Gasteiger partial charge is 0.375 e. The second-order valence-corrected chi connectivity index (χ2v) is 5.94. The second-order valence-electron chi connectivity index (χ2n) is 4.18. The van der Waals surface area contributed by atoms with E-state index in [-0.39, 0.29) is 0 Å². The van der Waals surface area contributed by atoms with Crippen molar-refractivity contribution in [3.05, 3.63) is 0 Å². The van der Waals surface area contributed by atoms with Gasteiger partial charge in [-0.2, -0.15) is 0 Å². The molecule has 2 aliphatic rings. The molecule has 1 saturated heterocycles. The number of halogens is 1. The van der Waals surface area contributed by atoms with Crippen molar-refractivity contribution in [3.63, 3.8) is 0 Å². The van der Waals surface area contributed by atoms with Crippen molar-refractivity contribution in [1.29, 1.82) is 0 Å². The highest BCUT2D eigenvalue weighted by molar-refractivity contribution is 14.1. The number of hydrogen-bond acceptors (Lipinski definition) is 1. The van der Waals surface area contributed by atoms with Gasteiger partial charge in [-0.05, 0) is 25.7 Å². The van der Waals surface area contributed by atoms with Gasteiger partial charge in [0.25, 0.3) is 0 Å². The normalized spacial score (nSPS) is 35.2. The number of alkyl halides is 1. The maximum atomic E-state index is 5.97. The van der Waals surface area contributed by atoms with E-state index < -0.39 is 0 Å². The van der Waals surface area contributed by atoms with E-state index in [1.807, 2.05) is 0 Å². The van der Waals surface area contributed by atoms with Crippen molar-refractivity contribution in [3.8, 4) is 0 Å². The molecule has 1 spiro atoms. The topological polar surface area (TPSA) is 9.23 Å². The standard InChI is InChI=1S/C10H17IO/c11-9-4-7-12-10(8-9)5-2-1-3-6-10/h9H,1-8H2/t9-/m1/s1. The molecule has 2 rings (SSSR count). The van der Waals surface area contributed by atoms with Crippen LogP contribution < -0.4 is 0 Å². The van der Waals surface area contributed by atoms with Gasteiger partial charge in [-0.25, -0.2) is 0 Å².